The van der Waals surface area contributed by atoms with Crippen LogP contribution >= 0.6 is 11.6 Å². The summed E-state index contributed by atoms with van der Waals surface area (Å²) in [5.41, 5.74) is 0.106. The number of carbonyl (C=O) groups excluding carboxylic acids is 1. The molecule has 76 valence electrons. The molecule has 0 aliphatic heterocycles. The highest BCUT2D eigenvalue weighted by Crippen LogP contribution is 2.20. The van der Waals surface area contributed by atoms with Crippen molar-refractivity contribution in [1.29, 1.82) is 0 Å². The van der Waals surface area contributed by atoms with Crippen LogP contribution in [-0.4, -0.2) is 24.7 Å². The molecular formula is C9H10ClNO3. The Hall–Kier alpha value is -1.29. The van der Waals surface area contributed by atoms with E-state index in [4.69, 9.17) is 21.1 Å². The molecule has 1 rings (SSSR count). The van der Waals surface area contributed by atoms with Crippen LogP contribution in [0.3, 0.4) is 0 Å². The van der Waals surface area contributed by atoms with Crippen molar-refractivity contribution in [1.82, 2.24) is 4.98 Å². The van der Waals surface area contributed by atoms with Crippen LogP contribution in [0.5, 0.6) is 5.75 Å². The van der Waals surface area contributed by atoms with E-state index >= 15 is 0 Å². The zero-order chi connectivity index (χ0) is 10.6. The summed E-state index contributed by atoms with van der Waals surface area (Å²) in [5.74, 6) is -0.0248. The first-order valence-electron chi connectivity index (χ1n) is 4.05. The molecule has 0 N–H and O–H groups in total. The lowest BCUT2D eigenvalue weighted by Crippen LogP contribution is -2.07. The normalized spacial score (nSPS) is 9.64. The number of ether oxygens (including phenoxy) is 2. The number of hydrogen-bond donors (Lipinski definition) is 0. The second-order valence-electron chi connectivity index (χ2n) is 2.43. The van der Waals surface area contributed by atoms with E-state index in [1.165, 1.54) is 19.4 Å². The third kappa shape index (κ3) is 2.35. The molecule has 0 aliphatic rings. The number of esters is 1. The number of carbonyl (C=O) groups is 1. The lowest BCUT2D eigenvalue weighted by Gasteiger charge is -2.04. The summed E-state index contributed by atoms with van der Waals surface area (Å²) < 4.78 is 9.65. The van der Waals surface area contributed by atoms with Crippen LogP contribution in [0.2, 0.25) is 5.02 Å². The molecule has 4 nitrogen and oxygen atoms in total. The lowest BCUT2D eigenvalue weighted by atomic mass is 10.3. The Bertz CT molecular complexity index is 341. The maximum absolute atomic E-state index is 11.3. The standard InChI is InChI=1S/C9H10ClNO3/c1-3-14-9(12)8-7(10)4-6(13-2)5-11-8/h4-5H,3H2,1-2H3. The van der Waals surface area contributed by atoms with Gasteiger partial charge in [-0.25, -0.2) is 9.78 Å². The van der Waals surface area contributed by atoms with Gasteiger partial charge in [0.05, 0.1) is 24.9 Å². The van der Waals surface area contributed by atoms with Gasteiger partial charge in [-0.2, -0.15) is 0 Å². The minimum Gasteiger partial charge on any atom is -0.495 e. The zero-order valence-electron chi connectivity index (χ0n) is 7.91. The van der Waals surface area contributed by atoms with Crippen LogP contribution in [0.15, 0.2) is 12.3 Å². The highest BCUT2D eigenvalue weighted by Gasteiger charge is 2.13. The summed E-state index contributed by atoms with van der Waals surface area (Å²) in [6, 6.07) is 1.51. The molecule has 1 aromatic heterocycles. The molecule has 0 saturated carbocycles. The fourth-order valence-electron chi connectivity index (χ4n) is 0.882. The van der Waals surface area contributed by atoms with Crippen LogP contribution in [0.1, 0.15) is 17.4 Å². The lowest BCUT2D eigenvalue weighted by molar-refractivity contribution is 0.0519. The fourth-order valence-corrected chi connectivity index (χ4v) is 1.12. The molecule has 0 amide bonds. The molecule has 0 unspecified atom stereocenters. The Balaban J connectivity index is 2.94. The zero-order valence-corrected chi connectivity index (χ0v) is 8.67. The molecule has 0 bridgehead atoms. The Morgan fingerprint density at radius 1 is 1.64 bits per heavy atom. The molecule has 1 heterocycles. The van der Waals surface area contributed by atoms with Crippen molar-refractivity contribution in [3.05, 3.63) is 23.0 Å². The molecule has 0 saturated heterocycles. The number of nitrogens with zero attached hydrogens (tertiary/aromatic N) is 1. The Morgan fingerprint density at radius 2 is 2.36 bits per heavy atom. The number of halogens is 1. The van der Waals surface area contributed by atoms with Gasteiger partial charge in [-0.3, -0.25) is 0 Å². The summed E-state index contributed by atoms with van der Waals surface area (Å²) in [6.45, 7) is 2.01. The number of methoxy groups -OCH3 is 1. The average Bonchev–Trinajstić information content (AvgIpc) is 2.17. The molecule has 0 radical (unpaired) electrons. The van der Waals surface area contributed by atoms with Crippen LogP contribution in [0.25, 0.3) is 0 Å². The second-order valence-corrected chi connectivity index (χ2v) is 2.83. The minimum atomic E-state index is -0.528. The minimum absolute atomic E-state index is 0.106. The predicted octanol–water partition coefficient (Wildman–Crippen LogP) is 1.92. The van der Waals surface area contributed by atoms with Crippen molar-refractivity contribution >= 4 is 17.6 Å². The first kappa shape index (κ1) is 10.8. The van der Waals surface area contributed by atoms with Gasteiger partial charge in [0.15, 0.2) is 5.69 Å². The summed E-state index contributed by atoms with van der Waals surface area (Å²) in [7, 11) is 1.50. The molecule has 0 atom stereocenters. The highest BCUT2D eigenvalue weighted by molar-refractivity contribution is 6.33. The van der Waals surface area contributed by atoms with Crippen molar-refractivity contribution in [3.8, 4) is 5.75 Å². The van der Waals surface area contributed by atoms with Gasteiger partial charge in [0, 0.05) is 6.07 Å². The van der Waals surface area contributed by atoms with Gasteiger partial charge in [-0.1, -0.05) is 11.6 Å². The van der Waals surface area contributed by atoms with E-state index in [9.17, 15) is 4.79 Å². The summed E-state index contributed by atoms with van der Waals surface area (Å²) in [4.78, 5) is 15.1. The van der Waals surface area contributed by atoms with E-state index in [-0.39, 0.29) is 10.7 Å². The molecule has 0 aliphatic carbocycles. The van der Waals surface area contributed by atoms with E-state index < -0.39 is 5.97 Å². The average molecular weight is 216 g/mol. The predicted molar refractivity (Wildman–Crippen MR) is 51.8 cm³/mol. The van der Waals surface area contributed by atoms with E-state index in [0.717, 1.165) is 0 Å². The van der Waals surface area contributed by atoms with Crippen molar-refractivity contribution in [2.75, 3.05) is 13.7 Å². The van der Waals surface area contributed by atoms with Crippen LogP contribution < -0.4 is 4.74 Å². The molecule has 5 heteroatoms. The third-order valence-corrected chi connectivity index (χ3v) is 1.81. The summed E-state index contributed by atoms with van der Waals surface area (Å²) in [6.07, 6.45) is 1.41. The van der Waals surface area contributed by atoms with E-state index in [1.807, 2.05) is 0 Å². The Kier molecular flexibility index (Phi) is 3.71. The van der Waals surface area contributed by atoms with Gasteiger partial charge in [-0.05, 0) is 6.92 Å². The van der Waals surface area contributed by atoms with Gasteiger partial charge >= 0.3 is 5.97 Å². The quantitative estimate of drug-likeness (QED) is 0.723. The topological polar surface area (TPSA) is 48.4 Å². The molecule has 0 spiro atoms. The largest absolute Gasteiger partial charge is 0.495 e. The molecule has 1 aromatic rings. The van der Waals surface area contributed by atoms with Gasteiger partial charge < -0.3 is 9.47 Å². The molecule has 14 heavy (non-hydrogen) atoms. The van der Waals surface area contributed by atoms with Gasteiger partial charge in [0.2, 0.25) is 0 Å². The van der Waals surface area contributed by atoms with E-state index in [2.05, 4.69) is 4.98 Å². The second kappa shape index (κ2) is 4.81. The molecule has 0 aromatic carbocycles. The van der Waals surface area contributed by atoms with Crippen molar-refractivity contribution in [2.45, 2.75) is 6.92 Å². The van der Waals surface area contributed by atoms with Gasteiger partial charge in [0.1, 0.15) is 5.75 Å². The maximum Gasteiger partial charge on any atom is 0.358 e. The Labute approximate surface area is 86.8 Å². The van der Waals surface area contributed by atoms with E-state index in [1.54, 1.807) is 6.92 Å². The smallest absolute Gasteiger partial charge is 0.358 e. The van der Waals surface area contributed by atoms with Crippen molar-refractivity contribution in [3.63, 3.8) is 0 Å². The third-order valence-electron chi connectivity index (χ3n) is 1.52. The van der Waals surface area contributed by atoms with Crippen LogP contribution in [-0.2, 0) is 4.74 Å². The summed E-state index contributed by atoms with van der Waals surface area (Å²) >= 11 is 5.80. The number of hydrogen-bond acceptors (Lipinski definition) is 4. The van der Waals surface area contributed by atoms with E-state index in [0.29, 0.717) is 12.4 Å². The maximum atomic E-state index is 11.3. The first-order valence-corrected chi connectivity index (χ1v) is 4.43. The van der Waals surface area contributed by atoms with Crippen molar-refractivity contribution in [2.24, 2.45) is 0 Å². The monoisotopic (exact) mass is 215 g/mol. The Morgan fingerprint density at radius 3 is 2.86 bits per heavy atom. The summed E-state index contributed by atoms with van der Waals surface area (Å²) in [5, 5.41) is 0.225. The fraction of sp³-hybridized carbons (Fsp3) is 0.333. The first-order chi connectivity index (χ1) is 6.69. The highest BCUT2D eigenvalue weighted by atomic mass is 35.5. The van der Waals surface area contributed by atoms with Crippen LogP contribution in [0.4, 0.5) is 0 Å². The van der Waals surface area contributed by atoms with Gasteiger partial charge in [-0.15, -0.1) is 0 Å². The van der Waals surface area contributed by atoms with Crippen molar-refractivity contribution < 1.29 is 14.3 Å². The van der Waals surface area contributed by atoms with Crippen LogP contribution in [0, 0.1) is 0 Å². The number of aromatic nitrogens is 1. The van der Waals surface area contributed by atoms with Gasteiger partial charge in [0.25, 0.3) is 0 Å². The molecule has 0 fully saturated rings. The SMILES string of the molecule is CCOC(=O)c1ncc(OC)cc1Cl. The molecular weight excluding hydrogens is 206 g/mol. The number of pyridine rings is 1. The number of rotatable bonds is 3.